The SMILES string of the molecule is Cn1ncc(-c2ccc(OCC3(C)COC3)c(Br)c2)c1N. The monoisotopic (exact) mass is 351 g/mol. The number of ether oxygens (including phenoxy) is 2. The second-order valence-corrected chi connectivity index (χ2v) is 6.66. The molecule has 1 aromatic carbocycles. The molecule has 0 saturated carbocycles. The van der Waals surface area contributed by atoms with Gasteiger partial charge in [0.1, 0.15) is 11.6 Å². The van der Waals surface area contributed by atoms with Crippen LogP contribution in [-0.4, -0.2) is 29.6 Å². The third-order valence-electron chi connectivity index (χ3n) is 3.70. The van der Waals surface area contributed by atoms with Gasteiger partial charge in [0.15, 0.2) is 0 Å². The van der Waals surface area contributed by atoms with E-state index in [2.05, 4.69) is 28.0 Å². The molecule has 0 bridgehead atoms. The van der Waals surface area contributed by atoms with E-state index in [4.69, 9.17) is 15.2 Å². The largest absolute Gasteiger partial charge is 0.492 e. The third-order valence-corrected chi connectivity index (χ3v) is 4.32. The number of hydrogen-bond donors (Lipinski definition) is 1. The predicted molar refractivity (Wildman–Crippen MR) is 85.2 cm³/mol. The minimum atomic E-state index is 0.131. The van der Waals surface area contributed by atoms with Gasteiger partial charge in [0.05, 0.1) is 30.5 Å². The van der Waals surface area contributed by atoms with Crippen molar-refractivity contribution in [2.24, 2.45) is 12.5 Å². The Hall–Kier alpha value is -1.53. The van der Waals surface area contributed by atoms with E-state index in [9.17, 15) is 0 Å². The third kappa shape index (κ3) is 2.78. The Morgan fingerprint density at radius 3 is 2.76 bits per heavy atom. The molecule has 1 saturated heterocycles. The van der Waals surface area contributed by atoms with Crippen LogP contribution in [0.2, 0.25) is 0 Å². The summed E-state index contributed by atoms with van der Waals surface area (Å²) in [5, 5.41) is 4.16. The molecule has 21 heavy (non-hydrogen) atoms. The maximum absolute atomic E-state index is 6.00. The molecule has 2 N–H and O–H groups in total. The topological polar surface area (TPSA) is 62.3 Å². The Kier molecular flexibility index (Phi) is 3.67. The van der Waals surface area contributed by atoms with Gasteiger partial charge in [-0.05, 0) is 33.6 Å². The Morgan fingerprint density at radius 2 is 2.24 bits per heavy atom. The minimum absolute atomic E-state index is 0.131. The van der Waals surface area contributed by atoms with Gasteiger partial charge >= 0.3 is 0 Å². The van der Waals surface area contributed by atoms with Crippen molar-refractivity contribution in [2.45, 2.75) is 6.92 Å². The lowest BCUT2D eigenvalue weighted by atomic mass is 9.90. The van der Waals surface area contributed by atoms with Crippen LogP contribution in [0, 0.1) is 5.41 Å². The molecule has 5 nitrogen and oxygen atoms in total. The summed E-state index contributed by atoms with van der Waals surface area (Å²) in [6, 6.07) is 5.95. The second kappa shape index (κ2) is 5.35. The quantitative estimate of drug-likeness (QED) is 0.919. The summed E-state index contributed by atoms with van der Waals surface area (Å²) < 4.78 is 13.7. The average Bonchev–Trinajstić information content (AvgIpc) is 2.75. The van der Waals surface area contributed by atoms with Gasteiger partial charge in [-0.15, -0.1) is 0 Å². The zero-order valence-corrected chi connectivity index (χ0v) is 13.7. The highest BCUT2D eigenvalue weighted by Gasteiger charge is 2.34. The second-order valence-electron chi connectivity index (χ2n) is 5.80. The lowest BCUT2D eigenvalue weighted by molar-refractivity contribution is -0.120. The average molecular weight is 352 g/mol. The summed E-state index contributed by atoms with van der Waals surface area (Å²) in [7, 11) is 1.83. The number of aromatic nitrogens is 2. The van der Waals surface area contributed by atoms with Crippen LogP contribution in [0.5, 0.6) is 5.75 Å². The number of nitrogens with two attached hydrogens (primary N) is 1. The molecular weight excluding hydrogens is 334 g/mol. The zero-order valence-electron chi connectivity index (χ0n) is 12.1. The number of halogens is 1. The normalized spacial score (nSPS) is 16.5. The number of aryl methyl sites for hydroxylation is 1. The summed E-state index contributed by atoms with van der Waals surface area (Å²) >= 11 is 3.56. The van der Waals surface area contributed by atoms with Gasteiger partial charge < -0.3 is 15.2 Å². The number of hydrogen-bond acceptors (Lipinski definition) is 4. The Balaban J connectivity index is 1.78. The molecule has 0 unspecified atom stereocenters. The molecule has 0 aliphatic carbocycles. The van der Waals surface area contributed by atoms with Gasteiger partial charge in [0, 0.05) is 18.0 Å². The summed E-state index contributed by atoms with van der Waals surface area (Å²) in [6.07, 6.45) is 1.77. The van der Waals surface area contributed by atoms with Crippen molar-refractivity contribution < 1.29 is 9.47 Å². The van der Waals surface area contributed by atoms with E-state index in [1.807, 2.05) is 25.2 Å². The van der Waals surface area contributed by atoms with Crippen LogP contribution in [0.25, 0.3) is 11.1 Å². The molecule has 6 heteroatoms. The number of rotatable bonds is 4. The van der Waals surface area contributed by atoms with Gasteiger partial charge in [-0.1, -0.05) is 13.0 Å². The van der Waals surface area contributed by atoms with Crippen LogP contribution in [0.15, 0.2) is 28.9 Å². The number of nitrogen functional groups attached to an aromatic ring is 1. The Bertz CT molecular complexity index is 665. The smallest absolute Gasteiger partial charge is 0.133 e. The molecular formula is C15H18BrN3O2. The molecule has 0 spiro atoms. The summed E-state index contributed by atoms with van der Waals surface area (Å²) in [5.41, 5.74) is 8.07. The zero-order chi connectivity index (χ0) is 15.0. The highest BCUT2D eigenvalue weighted by Crippen LogP contribution is 2.34. The van der Waals surface area contributed by atoms with Crippen LogP contribution < -0.4 is 10.5 Å². The highest BCUT2D eigenvalue weighted by molar-refractivity contribution is 9.10. The first kappa shape index (κ1) is 14.4. The first-order valence-electron chi connectivity index (χ1n) is 6.76. The fourth-order valence-corrected chi connectivity index (χ4v) is 2.73. The molecule has 1 aliphatic rings. The minimum Gasteiger partial charge on any atom is -0.492 e. The fraction of sp³-hybridized carbons (Fsp3) is 0.400. The van der Waals surface area contributed by atoms with Crippen molar-refractivity contribution in [1.82, 2.24) is 9.78 Å². The molecule has 3 rings (SSSR count). The van der Waals surface area contributed by atoms with Crippen LogP contribution in [0.4, 0.5) is 5.82 Å². The van der Waals surface area contributed by atoms with E-state index in [1.165, 1.54) is 0 Å². The van der Waals surface area contributed by atoms with Crippen molar-refractivity contribution >= 4 is 21.7 Å². The molecule has 0 radical (unpaired) electrons. The Labute approximate surface area is 132 Å². The molecule has 1 fully saturated rings. The van der Waals surface area contributed by atoms with E-state index in [0.29, 0.717) is 12.4 Å². The van der Waals surface area contributed by atoms with Crippen LogP contribution >= 0.6 is 15.9 Å². The predicted octanol–water partition coefficient (Wildman–Crippen LogP) is 2.85. The maximum atomic E-state index is 6.00. The summed E-state index contributed by atoms with van der Waals surface area (Å²) in [4.78, 5) is 0. The fourth-order valence-electron chi connectivity index (χ4n) is 2.24. The van der Waals surface area contributed by atoms with Gasteiger partial charge in [0.2, 0.25) is 0 Å². The van der Waals surface area contributed by atoms with Gasteiger partial charge in [-0.25, -0.2) is 0 Å². The highest BCUT2D eigenvalue weighted by atomic mass is 79.9. The number of benzene rings is 1. The maximum Gasteiger partial charge on any atom is 0.133 e. The van der Waals surface area contributed by atoms with Crippen LogP contribution in [0.1, 0.15) is 6.92 Å². The summed E-state index contributed by atoms with van der Waals surface area (Å²) in [6.45, 7) is 4.33. The molecule has 112 valence electrons. The van der Waals surface area contributed by atoms with Gasteiger partial charge in [-0.3, -0.25) is 4.68 Å². The molecule has 1 aliphatic heterocycles. The lowest BCUT2D eigenvalue weighted by Gasteiger charge is -2.37. The van der Waals surface area contributed by atoms with E-state index >= 15 is 0 Å². The Morgan fingerprint density at radius 1 is 1.48 bits per heavy atom. The first-order valence-corrected chi connectivity index (χ1v) is 7.56. The summed E-state index contributed by atoms with van der Waals surface area (Å²) in [5.74, 6) is 1.48. The van der Waals surface area contributed by atoms with Crippen molar-refractivity contribution in [3.8, 4) is 16.9 Å². The van der Waals surface area contributed by atoms with E-state index in [1.54, 1.807) is 10.9 Å². The van der Waals surface area contributed by atoms with Crippen LogP contribution in [-0.2, 0) is 11.8 Å². The van der Waals surface area contributed by atoms with Gasteiger partial charge in [0.25, 0.3) is 0 Å². The number of nitrogens with zero attached hydrogens (tertiary/aromatic N) is 2. The van der Waals surface area contributed by atoms with E-state index in [0.717, 1.165) is 34.6 Å². The number of anilines is 1. The lowest BCUT2D eigenvalue weighted by Crippen LogP contribution is -2.44. The molecule has 2 aromatic rings. The van der Waals surface area contributed by atoms with Crippen molar-refractivity contribution in [1.29, 1.82) is 0 Å². The van der Waals surface area contributed by atoms with Gasteiger partial charge in [-0.2, -0.15) is 5.10 Å². The van der Waals surface area contributed by atoms with Crippen LogP contribution in [0.3, 0.4) is 0 Å². The molecule has 0 amide bonds. The first-order chi connectivity index (χ1) is 9.98. The molecule has 1 aromatic heterocycles. The van der Waals surface area contributed by atoms with Crippen molar-refractivity contribution in [3.63, 3.8) is 0 Å². The molecule has 0 atom stereocenters. The van der Waals surface area contributed by atoms with Crippen molar-refractivity contribution in [2.75, 3.05) is 25.6 Å². The van der Waals surface area contributed by atoms with E-state index in [-0.39, 0.29) is 5.41 Å². The van der Waals surface area contributed by atoms with Crippen molar-refractivity contribution in [3.05, 3.63) is 28.9 Å². The van der Waals surface area contributed by atoms with E-state index < -0.39 is 0 Å². The molecule has 2 heterocycles. The standard InChI is InChI=1S/C15H18BrN3O2/c1-15(7-20-8-15)9-21-13-4-3-10(5-12(13)16)11-6-18-19(2)14(11)17/h3-6H,7-9,17H2,1-2H3.